The fourth-order valence-corrected chi connectivity index (χ4v) is 3.49. The zero-order valence-electron chi connectivity index (χ0n) is 10.4. The highest BCUT2D eigenvalue weighted by molar-refractivity contribution is 9.10. The summed E-state index contributed by atoms with van der Waals surface area (Å²) >= 11 is 3.05. The molecule has 0 aliphatic heterocycles. The monoisotopic (exact) mass is 352 g/mol. The van der Waals surface area contributed by atoms with Crippen LogP contribution in [0.1, 0.15) is 13.8 Å². The normalized spacial score (nSPS) is 12.1. The molecule has 5 nitrogen and oxygen atoms in total. The summed E-state index contributed by atoms with van der Waals surface area (Å²) in [5, 5.41) is 0. The Labute approximate surface area is 119 Å². The number of amides is 1. The van der Waals surface area contributed by atoms with Crippen LogP contribution in [0.5, 0.6) is 0 Å². The second-order valence-corrected chi connectivity index (χ2v) is 6.96. The quantitative estimate of drug-likeness (QED) is 0.871. The number of hydrogen-bond donors (Lipinski definition) is 1. The first kappa shape index (κ1) is 16.1. The van der Waals surface area contributed by atoms with Crippen LogP contribution >= 0.6 is 15.9 Å². The van der Waals surface area contributed by atoms with Crippen molar-refractivity contribution < 1.29 is 17.6 Å². The van der Waals surface area contributed by atoms with Crippen molar-refractivity contribution in [2.75, 3.05) is 6.54 Å². The average Bonchev–Trinajstić information content (AvgIpc) is 2.24. The van der Waals surface area contributed by atoms with E-state index in [0.29, 0.717) is 4.47 Å². The molecule has 0 saturated carbocycles. The van der Waals surface area contributed by atoms with Crippen LogP contribution in [0.4, 0.5) is 4.39 Å². The third-order valence-corrected chi connectivity index (χ3v) is 4.92. The van der Waals surface area contributed by atoms with E-state index < -0.39 is 39.2 Å². The van der Waals surface area contributed by atoms with Crippen molar-refractivity contribution in [2.45, 2.75) is 24.8 Å². The number of nitrogens with zero attached hydrogens (tertiary/aromatic N) is 1. The Bertz CT molecular complexity index is 590. The van der Waals surface area contributed by atoms with Crippen LogP contribution in [0.2, 0.25) is 0 Å². The SMILES string of the molecule is CC(C)N(CC(N)=O)S(=O)(=O)c1ccc(Br)cc1F. The summed E-state index contributed by atoms with van der Waals surface area (Å²) in [5.74, 6) is -1.68. The molecular weight excluding hydrogens is 339 g/mol. The molecule has 1 rings (SSSR count). The van der Waals surface area contributed by atoms with Crippen molar-refractivity contribution >= 4 is 31.9 Å². The van der Waals surface area contributed by atoms with E-state index in [1.54, 1.807) is 13.8 Å². The molecule has 2 N–H and O–H groups in total. The van der Waals surface area contributed by atoms with Gasteiger partial charge in [0.15, 0.2) is 0 Å². The summed E-state index contributed by atoms with van der Waals surface area (Å²) in [6, 6.07) is 3.10. The minimum absolute atomic E-state index is 0.426. The van der Waals surface area contributed by atoms with E-state index in [-0.39, 0.29) is 0 Å². The van der Waals surface area contributed by atoms with E-state index in [9.17, 15) is 17.6 Å². The average molecular weight is 353 g/mol. The van der Waals surface area contributed by atoms with Crippen LogP contribution in [0.3, 0.4) is 0 Å². The van der Waals surface area contributed by atoms with Gasteiger partial charge in [0.1, 0.15) is 10.7 Å². The molecule has 0 bridgehead atoms. The van der Waals surface area contributed by atoms with Gasteiger partial charge in [-0.2, -0.15) is 4.31 Å². The zero-order chi connectivity index (χ0) is 14.8. The first-order chi connectivity index (χ1) is 8.66. The van der Waals surface area contributed by atoms with Gasteiger partial charge in [-0.3, -0.25) is 4.79 Å². The number of halogens is 2. The van der Waals surface area contributed by atoms with Crippen molar-refractivity contribution in [3.8, 4) is 0 Å². The Morgan fingerprint density at radius 1 is 1.47 bits per heavy atom. The highest BCUT2D eigenvalue weighted by atomic mass is 79.9. The summed E-state index contributed by atoms with van der Waals surface area (Å²) in [6.07, 6.45) is 0. The summed E-state index contributed by atoms with van der Waals surface area (Å²) in [4.78, 5) is 10.5. The molecule has 0 spiro atoms. The standard InChI is InChI=1S/C11H14BrFN2O3S/c1-7(2)15(6-11(14)16)19(17,18)10-4-3-8(12)5-9(10)13/h3-5,7H,6H2,1-2H3,(H2,14,16). The number of hydrogen-bond acceptors (Lipinski definition) is 3. The maximum absolute atomic E-state index is 13.8. The topological polar surface area (TPSA) is 80.5 Å². The van der Waals surface area contributed by atoms with Crippen molar-refractivity contribution in [1.82, 2.24) is 4.31 Å². The van der Waals surface area contributed by atoms with Gasteiger partial charge < -0.3 is 5.73 Å². The Kier molecular flexibility index (Phi) is 5.05. The molecule has 0 fully saturated rings. The second kappa shape index (κ2) is 5.98. The van der Waals surface area contributed by atoms with E-state index >= 15 is 0 Å². The Hall–Kier alpha value is -0.990. The van der Waals surface area contributed by atoms with Crippen LogP contribution in [0.15, 0.2) is 27.6 Å². The maximum atomic E-state index is 13.8. The van der Waals surface area contributed by atoms with Crippen LogP contribution in [-0.2, 0) is 14.8 Å². The van der Waals surface area contributed by atoms with E-state index in [2.05, 4.69) is 15.9 Å². The number of sulfonamides is 1. The number of primary amides is 1. The lowest BCUT2D eigenvalue weighted by Gasteiger charge is -2.24. The molecule has 1 aromatic rings. The third-order valence-electron chi connectivity index (χ3n) is 2.37. The largest absolute Gasteiger partial charge is 0.369 e. The number of carbonyl (C=O) groups is 1. The smallest absolute Gasteiger partial charge is 0.246 e. The Balaban J connectivity index is 3.30. The lowest BCUT2D eigenvalue weighted by atomic mass is 10.3. The number of benzene rings is 1. The van der Waals surface area contributed by atoms with Gasteiger partial charge in [0, 0.05) is 10.5 Å². The van der Waals surface area contributed by atoms with Gasteiger partial charge in [0.25, 0.3) is 0 Å². The molecule has 0 unspecified atom stereocenters. The first-order valence-corrected chi connectivity index (χ1v) is 7.64. The molecule has 0 aliphatic rings. The van der Waals surface area contributed by atoms with Gasteiger partial charge in [-0.15, -0.1) is 0 Å². The van der Waals surface area contributed by atoms with E-state index in [0.717, 1.165) is 16.4 Å². The molecule has 0 radical (unpaired) electrons. The van der Waals surface area contributed by atoms with Crippen LogP contribution in [0.25, 0.3) is 0 Å². The maximum Gasteiger partial charge on any atom is 0.246 e. The van der Waals surface area contributed by atoms with Crippen molar-refractivity contribution in [3.05, 3.63) is 28.5 Å². The number of rotatable bonds is 5. The van der Waals surface area contributed by atoms with Gasteiger partial charge in [-0.25, -0.2) is 12.8 Å². The van der Waals surface area contributed by atoms with E-state index in [4.69, 9.17) is 5.73 Å². The molecule has 0 aliphatic carbocycles. The summed E-state index contributed by atoms with van der Waals surface area (Å²) in [6.45, 7) is 2.67. The summed E-state index contributed by atoms with van der Waals surface area (Å²) in [7, 11) is -4.11. The molecule has 0 heterocycles. The fraction of sp³-hybridized carbons (Fsp3) is 0.364. The van der Waals surface area contributed by atoms with E-state index in [1.165, 1.54) is 6.07 Å². The van der Waals surface area contributed by atoms with Crippen molar-refractivity contribution in [2.24, 2.45) is 5.73 Å². The van der Waals surface area contributed by atoms with Gasteiger partial charge in [-0.1, -0.05) is 15.9 Å². The first-order valence-electron chi connectivity index (χ1n) is 5.41. The highest BCUT2D eigenvalue weighted by Gasteiger charge is 2.30. The lowest BCUT2D eigenvalue weighted by molar-refractivity contribution is -0.118. The van der Waals surface area contributed by atoms with E-state index in [1.807, 2.05) is 0 Å². The third kappa shape index (κ3) is 3.74. The number of carbonyl (C=O) groups excluding carboxylic acids is 1. The van der Waals surface area contributed by atoms with Gasteiger partial charge in [-0.05, 0) is 32.0 Å². The lowest BCUT2D eigenvalue weighted by Crippen LogP contribution is -2.42. The summed E-state index contributed by atoms with van der Waals surface area (Å²) < 4.78 is 39.7. The molecule has 1 amide bonds. The molecule has 0 atom stereocenters. The molecule has 0 saturated heterocycles. The van der Waals surface area contributed by atoms with Crippen LogP contribution < -0.4 is 5.73 Å². The zero-order valence-corrected chi connectivity index (χ0v) is 12.8. The van der Waals surface area contributed by atoms with Crippen molar-refractivity contribution in [3.63, 3.8) is 0 Å². The Morgan fingerprint density at radius 3 is 2.47 bits per heavy atom. The second-order valence-electron chi connectivity index (χ2n) is 4.19. The predicted octanol–water partition coefficient (Wildman–Crippen LogP) is 1.47. The summed E-state index contributed by atoms with van der Waals surface area (Å²) in [5.41, 5.74) is 5.02. The molecule has 19 heavy (non-hydrogen) atoms. The minimum atomic E-state index is -4.11. The minimum Gasteiger partial charge on any atom is -0.369 e. The van der Waals surface area contributed by atoms with Gasteiger partial charge in [0.05, 0.1) is 6.54 Å². The van der Waals surface area contributed by atoms with Crippen LogP contribution in [-0.4, -0.2) is 31.2 Å². The fourth-order valence-electron chi connectivity index (χ4n) is 1.51. The van der Waals surface area contributed by atoms with Crippen LogP contribution in [0, 0.1) is 5.82 Å². The van der Waals surface area contributed by atoms with Gasteiger partial charge >= 0.3 is 0 Å². The van der Waals surface area contributed by atoms with Crippen molar-refractivity contribution in [1.29, 1.82) is 0 Å². The Morgan fingerprint density at radius 2 is 2.05 bits per heavy atom. The molecule has 106 valence electrons. The number of nitrogens with two attached hydrogens (primary N) is 1. The molecule has 0 aromatic heterocycles. The molecule has 1 aromatic carbocycles. The highest BCUT2D eigenvalue weighted by Crippen LogP contribution is 2.23. The molecule has 8 heteroatoms. The van der Waals surface area contributed by atoms with Gasteiger partial charge in [0.2, 0.25) is 15.9 Å². The molecular formula is C11H14BrFN2O3S. The predicted molar refractivity (Wildman–Crippen MR) is 72.3 cm³/mol.